The van der Waals surface area contributed by atoms with Crippen molar-refractivity contribution >= 4 is 11.3 Å². The number of nitriles is 1. The smallest absolute Gasteiger partial charge is 0.110 e. The lowest BCUT2D eigenvalue weighted by molar-refractivity contribution is 0.0770. The minimum Gasteiger partial charge on any atom is -0.379 e. The molecule has 0 unspecified atom stereocenters. The molecule has 0 aliphatic heterocycles. The summed E-state index contributed by atoms with van der Waals surface area (Å²) in [7, 11) is 0. The molecule has 1 heterocycles. The Bertz CT molecular complexity index is 341. The topological polar surface area (TPSA) is 45.0 Å². The molecule has 3 nitrogen and oxygen atoms in total. The normalized spacial score (nSPS) is 10.6. The molecule has 0 aromatic carbocycles. The van der Waals surface area contributed by atoms with Gasteiger partial charge in [-0.1, -0.05) is 0 Å². The Morgan fingerprint density at radius 1 is 1.50 bits per heavy atom. The standard InChI is InChI=1S/C12H18N2OS/c1-10(2)15-7-3-6-14-9-12-5-4-11(8-13)16-12/h4-5,10,14H,3,6-7,9H2,1-2H3. The van der Waals surface area contributed by atoms with E-state index in [-0.39, 0.29) is 0 Å². The van der Waals surface area contributed by atoms with E-state index in [0.29, 0.717) is 6.10 Å². The average Bonchev–Trinajstić information content (AvgIpc) is 2.70. The predicted octanol–water partition coefficient (Wildman–Crippen LogP) is 2.52. The van der Waals surface area contributed by atoms with E-state index in [2.05, 4.69) is 11.4 Å². The number of ether oxygens (including phenoxy) is 1. The minimum absolute atomic E-state index is 0.315. The predicted molar refractivity (Wildman–Crippen MR) is 66.4 cm³/mol. The molecule has 0 atom stereocenters. The maximum Gasteiger partial charge on any atom is 0.110 e. The summed E-state index contributed by atoms with van der Waals surface area (Å²) in [6, 6.07) is 6.01. The van der Waals surface area contributed by atoms with Crippen molar-refractivity contribution in [3.8, 4) is 6.07 Å². The first-order valence-corrected chi connectivity index (χ1v) is 6.35. The van der Waals surface area contributed by atoms with Crippen LogP contribution in [0.1, 0.15) is 30.0 Å². The van der Waals surface area contributed by atoms with Crippen molar-refractivity contribution in [2.75, 3.05) is 13.2 Å². The lowest BCUT2D eigenvalue weighted by Gasteiger charge is -2.07. The van der Waals surface area contributed by atoms with Gasteiger partial charge in [-0.15, -0.1) is 11.3 Å². The van der Waals surface area contributed by atoms with Gasteiger partial charge in [0.15, 0.2) is 0 Å². The van der Waals surface area contributed by atoms with Crippen molar-refractivity contribution in [1.82, 2.24) is 5.32 Å². The molecule has 0 saturated heterocycles. The molecule has 1 aromatic rings. The van der Waals surface area contributed by atoms with Crippen LogP contribution in [-0.4, -0.2) is 19.3 Å². The van der Waals surface area contributed by atoms with Crippen LogP contribution in [-0.2, 0) is 11.3 Å². The Morgan fingerprint density at radius 2 is 2.31 bits per heavy atom. The molecule has 1 aromatic heterocycles. The van der Waals surface area contributed by atoms with Crippen LogP contribution >= 0.6 is 11.3 Å². The van der Waals surface area contributed by atoms with Crippen LogP contribution in [0.3, 0.4) is 0 Å². The molecule has 0 spiro atoms. The zero-order valence-electron chi connectivity index (χ0n) is 9.82. The summed E-state index contributed by atoms with van der Waals surface area (Å²) >= 11 is 1.55. The molecule has 1 N–H and O–H groups in total. The van der Waals surface area contributed by atoms with Crippen LogP contribution in [0.4, 0.5) is 0 Å². The Balaban J connectivity index is 2.05. The molecule has 4 heteroatoms. The lowest BCUT2D eigenvalue weighted by atomic mass is 10.4. The molecule has 0 aliphatic carbocycles. The SMILES string of the molecule is CC(C)OCCCNCc1ccc(C#N)s1. The molecule has 88 valence electrons. The van der Waals surface area contributed by atoms with Gasteiger partial charge in [-0.05, 0) is 38.9 Å². The number of rotatable bonds is 7. The van der Waals surface area contributed by atoms with E-state index < -0.39 is 0 Å². The van der Waals surface area contributed by atoms with Gasteiger partial charge in [0.1, 0.15) is 10.9 Å². The molecule has 0 bridgehead atoms. The number of nitrogens with zero attached hydrogens (tertiary/aromatic N) is 1. The summed E-state index contributed by atoms with van der Waals surface area (Å²) in [6.07, 6.45) is 1.34. The Hall–Kier alpha value is -0.890. The van der Waals surface area contributed by atoms with Crippen LogP contribution in [0.15, 0.2) is 12.1 Å². The van der Waals surface area contributed by atoms with Crippen LogP contribution in [0.5, 0.6) is 0 Å². The molecule has 0 radical (unpaired) electrons. The van der Waals surface area contributed by atoms with E-state index in [1.165, 1.54) is 4.88 Å². The van der Waals surface area contributed by atoms with Crippen molar-refractivity contribution in [2.45, 2.75) is 32.9 Å². The summed E-state index contributed by atoms with van der Waals surface area (Å²) < 4.78 is 5.44. The van der Waals surface area contributed by atoms with Gasteiger partial charge in [0.2, 0.25) is 0 Å². The molecule has 1 rings (SSSR count). The van der Waals surface area contributed by atoms with Gasteiger partial charge in [0, 0.05) is 18.0 Å². The quantitative estimate of drug-likeness (QED) is 0.742. The van der Waals surface area contributed by atoms with Gasteiger partial charge in [0.05, 0.1) is 6.10 Å². The van der Waals surface area contributed by atoms with E-state index in [4.69, 9.17) is 10.00 Å². The summed E-state index contributed by atoms with van der Waals surface area (Å²) in [4.78, 5) is 1.99. The maximum absolute atomic E-state index is 8.67. The minimum atomic E-state index is 0.315. The van der Waals surface area contributed by atoms with Gasteiger partial charge >= 0.3 is 0 Å². The van der Waals surface area contributed by atoms with E-state index in [1.807, 2.05) is 26.0 Å². The third kappa shape index (κ3) is 5.26. The summed E-state index contributed by atoms with van der Waals surface area (Å²) in [5, 5.41) is 12.0. The second-order valence-corrected chi connectivity index (χ2v) is 5.00. The molecular weight excluding hydrogens is 220 g/mol. The van der Waals surface area contributed by atoms with Gasteiger partial charge in [-0.3, -0.25) is 0 Å². The fourth-order valence-corrected chi connectivity index (χ4v) is 2.04. The largest absolute Gasteiger partial charge is 0.379 e. The highest BCUT2D eigenvalue weighted by Gasteiger charge is 1.98. The number of hydrogen-bond donors (Lipinski definition) is 1. The lowest BCUT2D eigenvalue weighted by Crippen LogP contribution is -2.16. The number of thiophene rings is 1. The molecule has 0 aliphatic rings. The first-order valence-electron chi connectivity index (χ1n) is 5.53. The number of nitrogens with one attached hydrogen (secondary N) is 1. The van der Waals surface area contributed by atoms with E-state index in [9.17, 15) is 0 Å². The Morgan fingerprint density at radius 3 is 2.94 bits per heavy atom. The van der Waals surface area contributed by atoms with Crippen LogP contribution < -0.4 is 5.32 Å². The van der Waals surface area contributed by atoms with Gasteiger partial charge in [0.25, 0.3) is 0 Å². The zero-order valence-corrected chi connectivity index (χ0v) is 10.6. The first-order chi connectivity index (χ1) is 7.72. The molecule has 0 amide bonds. The molecule has 0 saturated carbocycles. The van der Waals surface area contributed by atoms with Crippen molar-refractivity contribution in [2.24, 2.45) is 0 Å². The second-order valence-electron chi connectivity index (χ2n) is 3.83. The van der Waals surface area contributed by atoms with E-state index in [1.54, 1.807) is 11.3 Å². The molecule has 16 heavy (non-hydrogen) atoms. The van der Waals surface area contributed by atoms with Crippen molar-refractivity contribution < 1.29 is 4.74 Å². The third-order valence-electron chi connectivity index (χ3n) is 2.02. The van der Waals surface area contributed by atoms with Crippen LogP contribution in [0.2, 0.25) is 0 Å². The van der Waals surface area contributed by atoms with Gasteiger partial charge in [-0.2, -0.15) is 5.26 Å². The third-order valence-corrected chi connectivity index (χ3v) is 3.01. The second kappa shape index (κ2) is 7.39. The highest BCUT2D eigenvalue weighted by molar-refractivity contribution is 7.12. The number of hydrogen-bond acceptors (Lipinski definition) is 4. The van der Waals surface area contributed by atoms with Crippen molar-refractivity contribution in [3.05, 3.63) is 21.9 Å². The molecule has 0 fully saturated rings. The van der Waals surface area contributed by atoms with Gasteiger partial charge in [-0.25, -0.2) is 0 Å². The van der Waals surface area contributed by atoms with E-state index in [0.717, 1.165) is 31.0 Å². The Labute approximate surface area is 101 Å². The van der Waals surface area contributed by atoms with Crippen molar-refractivity contribution in [1.29, 1.82) is 5.26 Å². The summed E-state index contributed by atoms with van der Waals surface area (Å²) in [6.45, 7) is 6.68. The monoisotopic (exact) mass is 238 g/mol. The van der Waals surface area contributed by atoms with Gasteiger partial charge < -0.3 is 10.1 Å². The molecular formula is C12H18N2OS. The highest BCUT2D eigenvalue weighted by atomic mass is 32.1. The highest BCUT2D eigenvalue weighted by Crippen LogP contribution is 2.14. The average molecular weight is 238 g/mol. The summed E-state index contributed by atoms with van der Waals surface area (Å²) in [5.41, 5.74) is 0. The summed E-state index contributed by atoms with van der Waals surface area (Å²) in [5.74, 6) is 0. The fraction of sp³-hybridized carbons (Fsp3) is 0.583. The van der Waals surface area contributed by atoms with E-state index >= 15 is 0 Å². The van der Waals surface area contributed by atoms with Crippen molar-refractivity contribution in [3.63, 3.8) is 0 Å². The van der Waals surface area contributed by atoms with Crippen LogP contribution in [0.25, 0.3) is 0 Å². The maximum atomic E-state index is 8.67. The fourth-order valence-electron chi connectivity index (χ4n) is 1.26. The van der Waals surface area contributed by atoms with Crippen LogP contribution in [0, 0.1) is 11.3 Å². The Kier molecular flexibility index (Phi) is 6.09. The zero-order chi connectivity index (χ0) is 11.8. The first kappa shape index (κ1) is 13.2.